The van der Waals surface area contributed by atoms with Gasteiger partial charge in [0.2, 0.25) is 5.91 Å². The summed E-state index contributed by atoms with van der Waals surface area (Å²) < 4.78 is 0. The fourth-order valence-electron chi connectivity index (χ4n) is 1.22. The lowest BCUT2D eigenvalue weighted by molar-refractivity contribution is -0.131. The van der Waals surface area contributed by atoms with Gasteiger partial charge in [0.25, 0.3) is 0 Å². The molecule has 0 bridgehead atoms. The van der Waals surface area contributed by atoms with Gasteiger partial charge in [-0.25, -0.2) is 4.79 Å². The molecule has 0 aliphatic carbocycles. The van der Waals surface area contributed by atoms with E-state index in [2.05, 4.69) is 5.32 Å². The van der Waals surface area contributed by atoms with Gasteiger partial charge < -0.3 is 20.4 Å². The van der Waals surface area contributed by atoms with Gasteiger partial charge in [-0.15, -0.1) is 0 Å². The number of nitrogens with one attached hydrogen (secondary N) is 1. The number of hydrogen-bond donors (Lipinski definition) is 3. The Bertz CT molecular complexity index is 285. The third-order valence-corrected chi connectivity index (χ3v) is 1.68. The van der Waals surface area contributed by atoms with E-state index in [0.717, 1.165) is 12.2 Å². The zero-order chi connectivity index (χ0) is 12.8. The Balaban J connectivity index is 4.04. The van der Waals surface area contributed by atoms with Gasteiger partial charge in [0.05, 0.1) is 5.60 Å². The first-order valence-corrected chi connectivity index (χ1v) is 4.79. The van der Waals surface area contributed by atoms with E-state index in [1.54, 1.807) is 25.9 Å². The van der Waals surface area contributed by atoms with Crippen LogP contribution in [0.15, 0.2) is 12.2 Å². The zero-order valence-corrected chi connectivity index (χ0v) is 9.73. The van der Waals surface area contributed by atoms with Gasteiger partial charge in [-0.05, 0) is 21.0 Å². The fourth-order valence-corrected chi connectivity index (χ4v) is 1.22. The van der Waals surface area contributed by atoms with E-state index in [-0.39, 0.29) is 6.54 Å². The van der Waals surface area contributed by atoms with Crippen molar-refractivity contribution in [1.82, 2.24) is 10.2 Å². The lowest BCUT2D eigenvalue weighted by atomic mass is 10.1. The number of hydrogen-bond acceptors (Lipinski definition) is 4. The van der Waals surface area contributed by atoms with E-state index >= 15 is 0 Å². The second kappa shape index (κ2) is 6.24. The third kappa shape index (κ3) is 7.95. The molecule has 0 saturated heterocycles. The normalized spacial score (nSPS) is 15.1. The topological polar surface area (TPSA) is 89.9 Å². The minimum absolute atomic E-state index is 0.0635. The predicted octanol–water partition coefficient (Wildman–Crippen LogP) is -0.944. The summed E-state index contributed by atoms with van der Waals surface area (Å²) >= 11 is 0. The summed E-state index contributed by atoms with van der Waals surface area (Å²) in [5, 5.41) is 20.5. The summed E-state index contributed by atoms with van der Waals surface area (Å²) in [6.07, 6.45) is 1.66. The molecule has 92 valence electrons. The summed E-state index contributed by atoms with van der Waals surface area (Å²) in [6.45, 7) is 2.05. The Labute approximate surface area is 94.6 Å². The minimum atomic E-state index is -1.18. The lowest BCUT2D eigenvalue weighted by Crippen LogP contribution is -2.46. The molecular formula is C10H18N2O4. The zero-order valence-electron chi connectivity index (χ0n) is 9.73. The van der Waals surface area contributed by atoms with Gasteiger partial charge in [0, 0.05) is 25.2 Å². The molecule has 0 aliphatic heterocycles. The molecule has 0 rings (SSSR count). The molecule has 0 heterocycles. The van der Waals surface area contributed by atoms with E-state index in [1.165, 1.54) is 0 Å². The van der Waals surface area contributed by atoms with Crippen molar-refractivity contribution in [3.8, 4) is 0 Å². The molecule has 0 radical (unpaired) electrons. The number of carboxylic acids is 1. The highest BCUT2D eigenvalue weighted by molar-refractivity contribution is 5.93. The first-order chi connectivity index (χ1) is 7.23. The largest absolute Gasteiger partial charge is 0.478 e. The molecule has 1 atom stereocenters. The molecule has 0 aliphatic rings. The second-order valence-electron chi connectivity index (χ2n) is 4.12. The van der Waals surface area contributed by atoms with Crippen molar-refractivity contribution in [2.75, 3.05) is 27.2 Å². The van der Waals surface area contributed by atoms with Crippen LogP contribution in [0, 0.1) is 0 Å². The van der Waals surface area contributed by atoms with Gasteiger partial charge in [0.15, 0.2) is 0 Å². The number of likely N-dealkylation sites (N-methyl/N-ethyl adjacent to an activating group) is 1. The quantitative estimate of drug-likeness (QED) is 0.512. The Morgan fingerprint density at radius 1 is 1.38 bits per heavy atom. The smallest absolute Gasteiger partial charge is 0.328 e. The number of nitrogens with zero attached hydrogens (tertiary/aromatic N) is 1. The van der Waals surface area contributed by atoms with Crippen molar-refractivity contribution >= 4 is 11.9 Å². The van der Waals surface area contributed by atoms with Crippen LogP contribution in [-0.2, 0) is 9.59 Å². The molecule has 1 amide bonds. The molecule has 3 N–H and O–H groups in total. The van der Waals surface area contributed by atoms with Crippen molar-refractivity contribution < 1.29 is 19.8 Å². The third-order valence-electron chi connectivity index (χ3n) is 1.68. The van der Waals surface area contributed by atoms with Crippen molar-refractivity contribution in [1.29, 1.82) is 0 Å². The summed E-state index contributed by atoms with van der Waals surface area (Å²) in [4.78, 5) is 23.0. The number of aliphatic carboxylic acids is 1. The maximum absolute atomic E-state index is 11.1. The molecule has 1 unspecified atom stereocenters. The van der Waals surface area contributed by atoms with E-state index in [4.69, 9.17) is 5.11 Å². The van der Waals surface area contributed by atoms with Crippen LogP contribution in [0.2, 0.25) is 0 Å². The summed E-state index contributed by atoms with van der Waals surface area (Å²) in [5.74, 6) is -1.73. The maximum atomic E-state index is 11.1. The first-order valence-electron chi connectivity index (χ1n) is 4.79. The Morgan fingerprint density at radius 3 is 2.38 bits per heavy atom. The Kier molecular flexibility index (Phi) is 5.69. The van der Waals surface area contributed by atoms with Gasteiger partial charge >= 0.3 is 5.97 Å². The fraction of sp³-hybridized carbons (Fsp3) is 0.600. The molecule has 0 aromatic carbocycles. The van der Waals surface area contributed by atoms with Gasteiger partial charge in [-0.3, -0.25) is 4.79 Å². The Morgan fingerprint density at radius 2 is 1.94 bits per heavy atom. The summed E-state index contributed by atoms with van der Waals surface area (Å²) in [7, 11) is 3.61. The van der Waals surface area contributed by atoms with Crippen LogP contribution in [0.3, 0.4) is 0 Å². The van der Waals surface area contributed by atoms with Crippen LogP contribution in [0.25, 0.3) is 0 Å². The molecular weight excluding hydrogens is 212 g/mol. The van der Waals surface area contributed by atoms with Crippen LogP contribution in [-0.4, -0.2) is 59.8 Å². The van der Waals surface area contributed by atoms with Crippen molar-refractivity contribution in [2.45, 2.75) is 12.5 Å². The number of carbonyl (C=O) groups is 2. The van der Waals surface area contributed by atoms with Gasteiger partial charge in [-0.2, -0.15) is 0 Å². The van der Waals surface area contributed by atoms with Crippen molar-refractivity contribution in [3.05, 3.63) is 12.2 Å². The molecule has 0 spiro atoms. The number of carboxylic acid groups (broad SMARTS) is 1. The highest BCUT2D eigenvalue weighted by Gasteiger charge is 2.21. The van der Waals surface area contributed by atoms with Crippen LogP contribution in [0.5, 0.6) is 0 Å². The van der Waals surface area contributed by atoms with Crippen LogP contribution < -0.4 is 5.32 Å². The van der Waals surface area contributed by atoms with Crippen LogP contribution in [0.4, 0.5) is 0 Å². The first kappa shape index (κ1) is 14.6. The van der Waals surface area contributed by atoms with E-state index in [9.17, 15) is 14.7 Å². The summed E-state index contributed by atoms with van der Waals surface area (Å²) in [5.41, 5.74) is -1.05. The van der Waals surface area contributed by atoms with Gasteiger partial charge in [-0.1, -0.05) is 0 Å². The monoisotopic (exact) mass is 230 g/mol. The number of aliphatic hydroxyl groups is 1. The average Bonchev–Trinajstić information content (AvgIpc) is 2.09. The molecule has 16 heavy (non-hydrogen) atoms. The van der Waals surface area contributed by atoms with Crippen LogP contribution in [0.1, 0.15) is 6.92 Å². The molecule has 6 nitrogen and oxygen atoms in total. The maximum Gasteiger partial charge on any atom is 0.328 e. The standard InChI is InChI=1S/C10H18N2O4/c1-10(16,7-12(2)3)6-11-8(13)4-5-9(14)15/h4-5,16H,6-7H2,1-3H3,(H,11,13)(H,14,15)/b5-4+. The molecule has 0 saturated carbocycles. The SMILES string of the molecule is CN(C)CC(C)(O)CNC(=O)/C=C/C(=O)O. The lowest BCUT2D eigenvalue weighted by Gasteiger charge is -2.26. The number of carbonyl (C=O) groups excluding carboxylic acids is 1. The van der Waals surface area contributed by atoms with E-state index in [1.807, 2.05) is 0 Å². The predicted molar refractivity (Wildman–Crippen MR) is 59.0 cm³/mol. The molecule has 0 aromatic rings. The Hall–Kier alpha value is -1.40. The van der Waals surface area contributed by atoms with E-state index < -0.39 is 17.5 Å². The summed E-state index contributed by atoms with van der Waals surface area (Å²) in [6, 6.07) is 0. The van der Waals surface area contributed by atoms with Crippen molar-refractivity contribution in [2.24, 2.45) is 0 Å². The number of rotatable bonds is 6. The highest BCUT2D eigenvalue weighted by Crippen LogP contribution is 2.02. The van der Waals surface area contributed by atoms with Gasteiger partial charge in [0.1, 0.15) is 0 Å². The second-order valence-corrected chi connectivity index (χ2v) is 4.12. The highest BCUT2D eigenvalue weighted by atomic mass is 16.4. The molecule has 0 aromatic heterocycles. The molecule has 0 fully saturated rings. The number of amides is 1. The van der Waals surface area contributed by atoms with Crippen molar-refractivity contribution in [3.63, 3.8) is 0 Å². The van der Waals surface area contributed by atoms with E-state index in [0.29, 0.717) is 6.54 Å². The van der Waals surface area contributed by atoms with Crippen LogP contribution >= 0.6 is 0 Å². The minimum Gasteiger partial charge on any atom is -0.478 e. The molecule has 6 heteroatoms. The average molecular weight is 230 g/mol.